The molecule has 2 heterocycles. The van der Waals surface area contributed by atoms with Crippen molar-refractivity contribution < 1.29 is 23.4 Å². The van der Waals surface area contributed by atoms with Crippen LogP contribution in [0.4, 0.5) is 10.1 Å². The molecule has 2 saturated heterocycles. The first-order chi connectivity index (χ1) is 11.7. The molecule has 1 N–H and O–H groups in total. The topological polar surface area (TPSA) is 56.8 Å². The van der Waals surface area contributed by atoms with Gasteiger partial charge in [-0.2, -0.15) is 0 Å². The van der Waals surface area contributed by atoms with Gasteiger partial charge in [-0.25, -0.2) is 4.39 Å². The molecule has 3 rings (SSSR count). The molecule has 0 unspecified atom stereocenters. The molecule has 0 radical (unpaired) electrons. The zero-order chi connectivity index (χ0) is 16.8. The van der Waals surface area contributed by atoms with Gasteiger partial charge < -0.3 is 19.5 Å². The summed E-state index contributed by atoms with van der Waals surface area (Å²) < 4.78 is 30.3. The van der Waals surface area contributed by atoms with Crippen LogP contribution in [0.1, 0.15) is 38.5 Å². The van der Waals surface area contributed by atoms with Gasteiger partial charge in [0, 0.05) is 25.7 Å². The lowest BCUT2D eigenvalue weighted by Gasteiger charge is -2.16. The van der Waals surface area contributed by atoms with Crippen molar-refractivity contribution in [3.63, 3.8) is 0 Å². The van der Waals surface area contributed by atoms with Crippen LogP contribution >= 0.6 is 0 Å². The fraction of sp³-hybridized carbons (Fsp3) is 0.611. The van der Waals surface area contributed by atoms with E-state index < -0.39 is 5.82 Å². The van der Waals surface area contributed by atoms with Crippen LogP contribution in [-0.4, -0.2) is 37.9 Å². The monoisotopic (exact) mass is 337 g/mol. The Labute approximate surface area is 141 Å². The summed E-state index contributed by atoms with van der Waals surface area (Å²) >= 11 is 0. The highest BCUT2D eigenvalue weighted by atomic mass is 19.1. The van der Waals surface area contributed by atoms with Crippen molar-refractivity contribution in [3.8, 4) is 5.75 Å². The fourth-order valence-corrected chi connectivity index (χ4v) is 3.06. The van der Waals surface area contributed by atoms with Crippen LogP contribution in [0, 0.1) is 5.82 Å². The predicted molar refractivity (Wildman–Crippen MR) is 87.7 cm³/mol. The van der Waals surface area contributed by atoms with Crippen molar-refractivity contribution in [2.75, 3.05) is 25.1 Å². The van der Waals surface area contributed by atoms with Gasteiger partial charge in [-0.15, -0.1) is 0 Å². The smallest absolute Gasteiger partial charge is 0.224 e. The van der Waals surface area contributed by atoms with E-state index in [4.69, 9.17) is 14.2 Å². The summed E-state index contributed by atoms with van der Waals surface area (Å²) in [5, 5.41) is 2.75. The second kappa shape index (κ2) is 8.44. The van der Waals surface area contributed by atoms with Crippen LogP contribution in [-0.2, 0) is 14.3 Å². The molecule has 5 nitrogen and oxygen atoms in total. The molecule has 1 aromatic carbocycles. The van der Waals surface area contributed by atoms with Crippen LogP contribution in [0.3, 0.4) is 0 Å². The Bertz CT molecular complexity index is 554. The zero-order valence-electron chi connectivity index (χ0n) is 13.8. The first-order valence-electron chi connectivity index (χ1n) is 8.66. The molecule has 24 heavy (non-hydrogen) atoms. The lowest BCUT2D eigenvalue weighted by Crippen LogP contribution is -2.19. The number of nitrogens with one attached hydrogen (secondary N) is 1. The van der Waals surface area contributed by atoms with Crippen LogP contribution in [0.25, 0.3) is 0 Å². The minimum atomic E-state index is -0.408. The Kier molecular flexibility index (Phi) is 6.04. The third kappa shape index (κ3) is 4.92. The molecule has 1 aromatic rings. The highest BCUT2D eigenvalue weighted by Crippen LogP contribution is 2.27. The number of benzene rings is 1. The van der Waals surface area contributed by atoms with Gasteiger partial charge >= 0.3 is 0 Å². The van der Waals surface area contributed by atoms with E-state index in [0.717, 1.165) is 38.9 Å². The summed E-state index contributed by atoms with van der Waals surface area (Å²) in [5.74, 6) is -0.0932. The first-order valence-corrected chi connectivity index (χ1v) is 8.66. The normalized spacial score (nSPS) is 23.4. The molecule has 0 bridgehead atoms. The molecule has 1 amide bonds. The number of anilines is 1. The lowest BCUT2D eigenvalue weighted by molar-refractivity contribution is -0.116. The summed E-state index contributed by atoms with van der Waals surface area (Å²) in [6, 6.07) is 4.15. The van der Waals surface area contributed by atoms with Crippen molar-refractivity contribution in [2.45, 2.75) is 50.7 Å². The van der Waals surface area contributed by atoms with E-state index in [0.29, 0.717) is 30.9 Å². The van der Waals surface area contributed by atoms with Gasteiger partial charge in [-0.05, 0) is 44.2 Å². The summed E-state index contributed by atoms with van der Waals surface area (Å²) in [4.78, 5) is 12.1. The Balaban J connectivity index is 1.54. The quantitative estimate of drug-likeness (QED) is 0.829. The number of carbonyl (C=O) groups is 1. The summed E-state index contributed by atoms with van der Waals surface area (Å²) in [6.45, 7) is 1.94. The number of hydrogen-bond donors (Lipinski definition) is 1. The van der Waals surface area contributed by atoms with Crippen molar-refractivity contribution in [3.05, 3.63) is 24.0 Å². The van der Waals surface area contributed by atoms with Gasteiger partial charge in [0.15, 0.2) is 0 Å². The molecule has 6 heteroatoms. The number of amides is 1. The highest BCUT2D eigenvalue weighted by molar-refractivity contribution is 5.92. The number of halogens is 1. The molecule has 2 aliphatic heterocycles. The van der Waals surface area contributed by atoms with E-state index in [1.807, 2.05) is 0 Å². The van der Waals surface area contributed by atoms with Gasteiger partial charge in [0.1, 0.15) is 18.2 Å². The number of hydrogen-bond acceptors (Lipinski definition) is 4. The first kappa shape index (κ1) is 17.2. The molecule has 0 saturated carbocycles. The van der Waals surface area contributed by atoms with Gasteiger partial charge in [-0.1, -0.05) is 0 Å². The van der Waals surface area contributed by atoms with Gasteiger partial charge in [-0.3, -0.25) is 4.79 Å². The van der Waals surface area contributed by atoms with Crippen molar-refractivity contribution >= 4 is 11.6 Å². The number of carbonyl (C=O) groups excluding carboxylic acids is 1. The van der Waals surface area contributed by atoms with Gasteiger partial charge in [0.25, 0.3) is 0 Å². The van der Waals surface area contributed by atoms with E-state index in [1.165, 1.54) is 12.1 Å². The zero-order valence-corrected chi connectivity index (χ0v) is 13.8. The Morgan fingerprint density at radius 2 is 1.96 bits per heavy atom. The van der Waals surface area contributed by atoms with E-state index in [1.54, 1.807) is 6.07 Å². The second-order valence-electron chi connectivity index (χ2n) is 6.31. The second-order valence-corrected chi connectivity index (χ2v) is 6.31. The SMILES string of the molecule is O=C(CC[C@H]1CCCO1)Nc1cc(F)ccc1OC[C@@H]1CCCO1. The van der Waals surface area contributed by atoms with Gasteiger partial charge in [0.05, 0.1) is 17.9 Å². The minimum Gasteiger partial charge on any atom is -0.489 e. The third-order valence-corrected chi connectivity index (χ3v) is 4.38. The molecule has 2 aliphatic rings. The molecular weight excluding hydrogens is 313 g/mol. The van der Waals surface area contributed by atoms with Crippen molar-refractivity contribution in [2.24, 2.45) is 0 Å². The Hall–Kier alpha value is -1.66. The van der Waals surface area contributed by atoms with Crippen LogP contribution < -0.4 is 10.1 Å². The summed E-state index contributed by atoms with van der Waals surface area (Å²) in [5.41, 5.74) is 0.366. The van der Waals surface area contributed by atoms with Crippen molar-refractivity contribution in [1.29, 1.82) is 0 Å². The molecule has 2 atom stereocenters. The molecule has 0 aromatic heterocycles. The largest absolute Gasteiger partial charge is 0.489 e. The lowest BCUT2D eigenvalue weighted by atomic mass is 10.1. The maximum absolute atomic E-state index is 13.5. The molecule has 0 aliphatic carbocycles. The number of rotatable bonds is 7. The molecular formula is C18H24FNO4. The average molecular weight is 337 g/mol. The average Bonchev–Trinajstić information content (AvgIpc) is 3.26. The summed E-state index contributed by atoms with van der Waals surface area (Å²) in [6.07, 6.45) is 5.32. The van der Waals surface area contributed by atoms with E-state index in [2.05, 4.69) is 5.32 Å². The highest BCUT2D eigenvalue weighted by Gasteiger charge is 2.19. The van der Waals surface area contributed by atoms with Crippen LogP contribution in [0.15, 0.2) is 18.2 Å². The minimum absolute atomic E-state index is 0.0677. The van der Waals surface area contributed by atoms with Crippen molar-refractivity contribution in [1.82, 2.24) is 0 Å². The van der Waals surface area contributed by atoms with E-state index in [-0.39, 0.29) is 18.1 Å². The fourth-order valence-electron chi connectivity index (χ4n) is 3.06. The molecule has 2 fully saturated rings. The predicted octanol–water partition coefficient (Wildman–Crippen LogP) is 3.28. The van der Waals surface area contributed by atoms with Gasteiger partial charge in [0.2, 0.25) is 5.91 Å². The Morgan fingerprint density at radius 3 is 2.67 bits per heavy atom. The van der Waals surface area contributed by atoms with Crippen LogP contribution in [0.2, 0.25) is 0 Å². The van der Waals surface area contributed by atoms with Crippen LogP contribution in [0.5, 0.6) is 5.75 Å². The maximum Gasteiger partial charge on any atom is 0.224 e. The van der Waals surface area contributed by atoms with E-state index >= 15 is 0 Å². The molecule has 0 spiro atoms. The maximum atomic E-state index is 13.5. The standard InChI is InChI=1S/C18H24FNO4/c19-13-5-7-17(24-12-15-4-2-10-23-15)16(11-13)20-18(21)8-6-14-3-1-9-22-14/h5,7,11,14-15H,1-4,6,8-10,12H2,(H,20,21)/t14-,15+/m1/s1. The summed E-state index contributed by atoms with van der Waals surface area (Å²) in [7, 11) is 0. The Morgan fingerprint density at radius 1 is 1.21 bits per heavy atom. The number of ether oxygens (including phenoxy) is 3. The third-order valence-electron chi connectivity index (χ3n) is 4.38. The van der Waals surface area contributed by atoms with E-state index in [9.17, 15) is 9.18 Å². The molecule has 132 valence electrons.